The Morgan fingerprint density at radius 3 is 2.24 bits per heavy atom. The van der Waals surface area contributed by atoms with Crippen LogP contribution in [0.5, 0.6) is 0 Å². The molecule has 1 rings (SSSR count). The molecule has 0 radical (unpaired) electrons. The van der Waals surface area contributed by atoms with Gasteiger partial charge in [0.1, 0.15) is 0 Å². The summed E-state index contributed by atoms with van der Waals surface area (Å²) in [6, 6.07) is 0.243. The van der Waals surface area contributed by atoms with Crippen LogP contribution >= 0.6 is 0 Å². The third-order valence-electron chi connectivity index (χ3n) is 4.94. The van der Waals surface area contributed by atoms with Crippen molar-refractivity contribution in [2.45, 2.75) is 63.6 Å². The van der Waals surface area contributed by atoms with E-state index in [-0.39, 0.29) is 11.9 Å². The van der Waals surface area contributed by atoms with Gasteiger partial charge in [0.2, 0.25) is 5.91 Å². The zero-order chi connectivity index (χ0) is 16.3. The highest BCUT2D eigenvalue weighted by atomic mass is 16.1. The van der Waals surface area contributed by atoms with Gasteiger partial charge in [-0.25, -0.2) is 0 Å². The van der Waals surface area contributed by atoms with Crippen molar-refractivity contribution in [2.75, 3.05) is 34.2 Å². The Labute approximate surface area is 130 Å². The number of nitrogens with one attached hydrogen (secondary N) is 1. The number of hydrogen-bond acceptors (Lipinski definition) is 4. The molecule has 0 aromatic carbocycles. The minimum atomic E-state index is -0.632. The highest BCUT2D eigenvalue weighted by Crippen LogP contribution is 2.36. The SMILES string of the molecule is CC(C)NC(C)(CCN(C)CC1(N(C)C)CCC1)C(N)=O. The predicted molar refractivity (Wildman–Crippen MR) is 88.3 cm³/mol. The molecule has 1 fully saturated rings. The smallest absolute Gasteiger partial charge is 0.237 e. The van der Waals surface area contributed by atoms with Crippen molar-refractivity contribution in [3.05, 3.63) is 0 Å². The van der Waals surface area contributed by atoms with E-state index in [1.165, 1.54) is 19.3 Å². The summed E-state index contributed by atoms with van der Waals surface area (Å²) >= 11 is 0. The lowest BCUT2D eigenvalue weighted by atomic mass is 9.75. The van der Waals surface area contributed by atoms with Crippen LogP contribution in [0.4, 0.5) is 0 Å². The topological polar surface area (TPSA) is 61.6 Å². The zero-order valence-corrected chi connectivity index (χ0v) is 14.7. The molecule has 0 heterocycles. The predicted octanol–water partition coefficient (Wildman–Crippen LogP) is 1.03. The Kier molecular flexibility index (Phi) is 6.20. The minimum Gasteiger partial charge on any atom is -0.368 e. The quantitative estimate of drug-likeness (QED) is 0.667. The maximum absolute atomic E-state index is 11.8. The summed E-state index contributed by atoms with van der Waals surface area (Å²) in [6.45, 7) is 7.92. The highest BCUT2D eigenvalue weighted by Gasteiger charge is 2.40. The molecule has 124 valence electrons. The van der Waals surface area contributed by atoms with Gasteiger partial charge in [0.25, 0.3) is 0 Å². The van der Waals surface area contributed by atoms with Gasteiger partial charge in [0.05, 0.1) is 5.54 Å². The number of rotatable bonds is 9. The molecule has 0 spiro atoms. The van der Waals surface area contributed by atoms with E-state index in [2.05, 4.69) is 36.3 Å². The summed E-state index contributed by atoms with van der Waals surface area (Å²) < 4.78 is 0. The van der Waals surface area contributed by atoms with Gasteiger partial charge in [-0.3, -0.25) is 4.79 Å². The Morgan fingerprint density at radius 1 is 1.33 bits per heavy atom. The number of likely N-dealkylation sites (N-methyl/N-ethyl adjacent to an activating group) is 2. The molecule has 21 heavy (non-hydrogen) atoms. The van der Waals surface area contributed by atoms with Crippen molar-refractivity contribution in [1.82, 2.24) is 15.1 Å². The van der Waals surface area contributed by atoms with E-state index < -0.39 is 5.54 Å². The largest absolute Gasteiger partial charge is 0.368 e. The van der Waals surface area contributed by atoms with Crippen molar-refractivity contribution < 1.29 is 4.79 Å². The third kappa shape index (κ3) is 4.66. The van der Waals surface area contributed by atoms with E-state index in [4.69, 9.17) is 5.73 Å². The van der Waals surface area contributed by atoms with Crippen molar-refractivity contribution in [1.29, 1.82) is 0 Å². The van der Waals surface area contributed by atoms with Crippen molar-refractivity contribution in [2.24, 2.45) is 5.73 Å². The van der Waals surface area contributed by atoms with E-state index in [0.29, 0.717) is 5.54 Å². The third-order valence-corrected chi connectivity index (χ3v) is 4.94. The molecule has 3 N–H and O–H groups in total. The molecule has 1 aliphatic carbocycles. The molecule has 0 aromatic heterocycles. The number of primary amides is 1. The van der Waals surface area contributed by atoms with Gasteiger partial charge in [-0.2, -0.15) is 0 Å². The van der Waals surface area contributed by atoms with E-state index in [0.717, 1.165) is 19.5 Å². The van der Waals surface area contributed by atoms with E-state index in [9.17, 15) is 4.79 Å². The minimum absolute atomic E-state index is 0.243. The monoisotopic (exact) mass is 298 g/mol. The average Bonchev–Trinajstić information content (AvgIpc) is 2.29. The Morgan fingerprint density at radius 2 is 1.90 bits per heavy atom. The summed E-state index contributed by atoms with van der Waals surface area (Å²) in [5.74, 6) is -0.268. The molecule has 1 saturated carbocycles. The lowest BCUT2D eigenvalue weighted by molar-refractivity contribution is -0.124. The van der Waals surface area contributed by atoms with Crippen LogP contribution in [0.25, 0.3) is 0 Å². The zero-order valence-electron chi connectivity index (χ0n) is 14.7. The second-order valence-electron chi connectivity index (χ2n) is 7.46. The Hall–Kier alpha value is -0.650. The number of hydrogen-bond donors (Lipinski definition) is 2. The summed E-state index contributed by atoms with van der Waals surface area (Å²) in [5.41, 5.74) is 5.28. The van der Waals surface area contributed by atoms with Crippen LogP contribution in [0.1, 0.15) is 46.5 Å². The van der Waals surface area contributed by atoms with Crippen LogP contribution in [0.15, 0.2) is 0 Å². The summed E-state index contributed by atoms with van der Waals surface area (Å²) in [6.07, 6.45) is 4.59. The van der Waals surface area contributed by atoms with Crippen LogP contribution in [-0.2, 0) is 4.79 Å². The van der Waals surface area contributed by atoms with Crippen molar-refractivity contribution in [3.63, 3.8) is 0 Å². The first kappa shape index (κ1) is 18.4. The molecule has 1 unspecified atom stereocenters. The fraction of sp³-hybridized carbons (Fsp3) is 0.938. The molecule has 0 saturated heterocycles. The highest BCUT2D eigenvalue weighted by molar-refractivity contribution is 5.84. The molecule has 0 aromatic rings. The first-order chi connectivity index (χ1) is 9.61. The molecule has 5 heteroatoms. The van der Waals surface area contributed by atoms with Crippen LogP contribution in [0.2, 0.25) is 0 Å². The molecular formula is C16H34N4O. The van der Waals surface area contributed by atoms with Crippen LogP contribution in [-0.4, -0.2) is 67.1 Å². The lowest BCUT2D eigenvalue weighted by Crippen LogP contribution is -2.59. The van der Waals surface area contributed by atoms with Crippen LogP contribution in [0.3, 0.4) is 0 Å². The van der Waals surface area contributed by atoms with Crippen molar-refractivity contribution in [3.8, 4) is 0 Å². The number of nitrogens with two attached hydrogens (primary N) is 1. The maximum Gasteiger partial charge on any atom is 0.237 e. The standard InChI is InChI=1S/C16H34N4O/c1-13(2)18-15(3,14(17)21)10-11-20(6)12-16(19(4)5)8-7-9-16/h13,18H,7-12H2,1-6H3,(H2,17,21). The van der Waals surface area contributed by atoms with E-state index >= 15 is 0 Å². The summed E-state index contributed by atoms with van der Waals surface area (Å²) in [4.78, 5) is 16.5. The van der Waals surface area contributed by atoms with Gasteiger partial charge >= 0.3 is 0 Å². The number of amides is 1. The molecule has 1 amide bonds. The molecule has 0 bridgehead atoms. The van der Waals surface area contributed by atoms with Crippen molar-refractivity contribution >= 4 is 5.91 Å². The molecular weight excluding hydrogens is 264 g/mol. The lowest BCUT2D eigenvalue weighted by Gasteiger charge is -2.49. The first-order valence-electron chi connectivity index (χ1n) is 8.05. The average molecular weight is 298 g/mol. The number of nitrogens with zero attached hydrogens (tertiary/aromatic N) is 2. The molecule has 5 nitrogen and oxygen atoms in total. The van der Waals surface area contributed by atoms with Crippen LogP contribution in [0, 0.1) is 0 Å². The second kappa shape index (κ2) is 7.07. The molecule has 0 aliphatic heterocycles. The fourth-order valence-electron chi connectivity index (χ4n) is 3.23. The first-order valence-corrected chi connectivity index (χ1v) is 8.05. The fourth-order valence-corrected chi connectivity index (χ4v) is 3.23. The van der Waals surface area contributed by atoms with Gasteiger partial charge in [0.15, 0.2) is 0 Å². The Balaban J connectivity index is 2.54. The Bertz CT molecular complexity index is 352. The van der Waals surface area contributed by atoms with Gasteiger partial charge in [-0.1, -0.05) is 0 Å². The van der Waals surface area contributed by atoms with Crippen LogP contribution < -0.4 is 11.1 Å². The molecule has 1 aliphatic rings. The van der Waals surface area contributed by atoms with Gasteiger partial charge in [-0.15, -0.1) is 0 Å². The van der Waals surface area contributed by atoms with E-state index in [1.807, 2.05) is 20.8 Å². The van der Waals surface area contributed by atoms with Gasteiger partial charge in [-0.05, 0) is 67.6 Å². The second-order valence-corrected chi connectivity index (χ2v) is 7.46. The number of carbonyl (C=O) groups is 1. The molecule has 1 atom stereocenters. The normalized spacial score (nSPS) is 20.6. The van der Waals surface area contributed by atoms with Gasteiger partial charge in [0, 0.05) is 24.7 Å². The number of carbonyl (C=O) groups excluding carboxylic acids is 1. The summed E-state index contributed by atoms with van der Waals surface area (Å²) in [5, 5.41) is 3.31. The van der Waals surface area contributed by atoms with E-state index in [1.54, 1.807) is 0 Å². The summed E-state index contributed by atoms with van der Waals surface area (Å²) in [7, 11) is 6.47. The maximum atomic E-state index is 11.8. The van der Waals surface area contributed by atoms with Gasteiger partial charge < -0.3 is 20.9 Å².